The van der Waals surface area contributed by atoms with E-state index in [9.17, 15) is 4.79 Å². The van der Waals surface area contributed by atoms with Crippen LogP contribution in [0.25, 0.3) is 0 Å². The van der Waals surface area contributed by atoms with E-state index in [4.69, 9.17) is 12.2 Å². The molecule has 2 rings (SSSR count). The maximum atomic E-state index is 11.9. The average molecular weight is 240 g/mol. The van der Waals surface area contributed by atoms with E-state index >= 15 is 0 Å². The summed E-state index contributed by atoms with van der Waals surface area (Å²) < 4.78 is 0. The van der Waals surface area contributed by atoms with Gasteiger partial charge >= 0.3 is 0 Å². The van der Waals surface area contributed by atoms with E-state index < -0.39 is 0 Å². The van der Waals surface area contributed by atoms with Crippen molar-refractivity contribution in [2.24, 2.45) is 0 Å². The molecule has 2 aliphatic heterocycles. The molecule has 0 saturated carbocycles. The molecule has 3 nitrogen and oxygen atoms in total. The van der Waals surface area contributed by atoms with Crippen LogP contribution in [0.5, 0.6) is 0 Å². The number of carbonyl (C=O) groups is 1. The van der Waals surface area contributed by atoms with Gasteiger partial charge in [0.25, 0.3) is 0 Å². The highest BCUT2D eigenvalue weighted by Gasteiger charge is 2.21. The molecule has 0 aromatic rings. The second-order valence-corrected chi connectivity index (χ2v) is 5.19. The molecule has 16 heavy (non-hydrogen) atoms. The van der Waals surface area contributed by atoms with E-state index in [1.54, 1.807) is 0 Å². The van der Waals surface area contributed by atoms with Crippen LogP contribution in [0.1, 0.15) is 44.9 Å². The lowest BCUT2D eigenvalue weighted by atomic mass is 10.1. The van der Waals surface area contributed by atoms with Gasteiger partial charge in [0.2, 0.25) is 5.91 Å². The Morgan fingerprint density at radius 1 is 0.938 bits per heavy atom. The first-order chi connectivity index (χ1) is 7.77. The molecule has 1 amide bonds. The molecular formula is C12H20N2OS. The Bertz CT molecular complexity index is 280. The van der Waals surface area contributed by atoms with Crippen molar-refractivity contribution in [2.75, 3.05) is 19.8 Å². The Hall–Kier alpha value is -0.640. The van der Waals surface area contributed by atoms with Crippen LogP contribution in [0.3, 0.4) is 0 Å². The van der Waals surface area contributed by atoms with Gasteiger partial charge in [0.05, 0.1) is 11.7 Å². The minimum atomic E-state index is 0.311. The molecule has 0 aromatic carbocycles. The van der Waals surface area contributed by atoms with Gasteiger partial charge in [-0.15, -0.1) is 0 Å². The number of amides is 1. The van der Waals surface area contributed by atoms with Crippen molar-refractivity contribution in [2.45, 2.75) is 44.9 Å². The second-order valence-electron chi connectivity index (χ2n) is 4.72. The Morgan fingerprint density at radius 3 is 2.44 bits per heavy atom. The highest BCUT2D eigenvalue weighted by Crippen LogP contribution is 2.16. The quantitative estimate of drug-likeness (QED) is 0.691. The molecule has 2 fully saturated rings. The minimum absolute atomic E-state index is 0.311. The first kappa shape index (κ1) is 11.8. The highest BCUT2D eigenvalue weighted by molar-refractivity contribution is 7.80. The maximum absolute atomic E-state index is 11.9. The van der Waals surface area contributed by atoms with Crippen molar-refractivity contribution >= 4 is 23.1 Å². The van der Waals surface area contributed by atoms with E-state index in [0.717, 1.165) is 50.4 Å². The Balaban J connectivity index is 1.91. The van der Waals surface area contributed by atoms with Crippen molar-refractivity contribution in [1.29, 1.82) is 0 Å². The monoisotopic (exact) mass is 240 g/mol. The van der Waals surface area contributed by atoms with Crippen molar-refractivity contribution < 1.29 is 4.79 Å². The van der Waals surface area contributed by atoms with Crippen LogP contribution < -0.4 is 0 Å². The van der Waals surface area contributed by atoms with Crippen molar-refractivity contribution in [3.8, 4) is 0 Å². The summed E-state index contributed by atoms with van der Waals surface area (Å²) in [5.74, 6) is 0.311. The number of nitrogens with zero attached hydrogens (tertiary/aromatic N) is 2. The number of thiocarbonyl (C=S) groups is 1. The molecule has 2 saturated heterocycles. The van der Waals surface area contributed by atoms with Gasteiger partial charge in [-0.1, -0.05) is 18.6 Å². The van der Waals surface area contributed by atoms with Gasteiger partial charge in [0.1, 0.15) is 0 Å². The molecule has 0 spiro atoms. The van der Waals surface area contributed by atoms with Crippen LogP contribution >= 0.6 is 12.2 Å². The summed E-state index contributed by atoms with van der Waals surface area (Å²) in [6, 6.07) is 0. The topological polar surface area (TPSA) is 23.6 Å². The third-order valence-corrected chi connectivity index (χ3v) is 3.90. The summed E-state index contributed by atoms with van der Waals surface area (Å²) in [5, 5.41) is 0. The van der Waals surface area contributed by atoms with E-state index in [2.05, 4.69) is 4.90 Å². The second kappa shape index (κ2) is 5.62. The molecule has 0 unspecified atom stereocenters. The van der Waals surface area contributed by atoms with Crippen LogP contribution in [0.2, 0.25) is 0 Å². The third kappa shape index (κ3) is 2.94. The molecular weight excluding hydrogens is 220 g/mol. The molecule has 4 heteroatoms. The molecule has 0 bridgehead atoms. The van der Waals surface area contributed by atoms with Crippen molar-refractivity contribution in [3.63, 3.8) is 0 Å². The fraction of sp³-hybridized carbons (Fsp3) is 0.833. The van der Waals surface area contributed by atoms with Crippen LogP contribution in [0.4, 0.5) is 0 Å². The van der Waals surface area contributed by atoms with Crippen molar-refractivity contribution in [3.05, 3.63) is 0 Å². The molecule has 0 N–H and O–H groups in total. The average Bonchev–Trinajstić information content (AvgIpc) is 2.48. The fourth-order valence-electron chi connectivity index (χ4n) is 2.41. The molecule has 0 radical (unpaired) electrons. The van der Waals surface area contributed by atoms with Gasteiger partial charge in [-0.3, -0.25) is 4.79 Å². The Kier molecular flexibility index (Phi) is 4.16. The van der Waals surface area contributed by atoms with Gasteiger partial charge in [-0.25, -0.2) is 0 Å². The van der Waals surface area contributed by atoms with Gasteiger partial charge in [0, 0.05) is 19.5 Å². The number of hydrogen-bond acceptors (Lipinski definition) is 2. The van der Waals surface area contributed by atoms with E-state index in [1.807, 2.05) is 4.90 Å². The molecule has 0 aromatic heterocycles. The summed E-state index contributed by atoms with van der Waals surface area (Å²) in [4.78, 5) is 17.1. The largest absolute Gasteiger partial charge is 0.348 e. The highest BCUT2D eigenvalue weighted by atomic mass is 32.1. The van der Waals surface area contributed by atoms with E-state index in [-0.39, 0.29) is 0 Å². The van der Waals surface area contributed by atoms with Gasteiger partial charge in [-0.2, -0.15) is 0 Å². The number of likely N-dealkylation sites (tertiary alicyclic amines) is 2. The van der Waals surface area contributed by atoms with Crippen molar-refractivity contribution in [1.82, 2.24) is 9.80 Å². The summed E-state index contributed by atoms with van der Waals surface area (Å²) in [5.41, 5.74) is 0. The zero-order valence-electron chi connectivity index (χ0n) is 9.78. The molecule has 0 aliphatic carbocycles. The summed E-state index contributed by atoms with van der Waals surface area (Å²) in [6.07, 6.45) is 7.56. The first-order valence-electron chi connectivity index (χ1n) is 6.33. The summed E-state index contributed by atoms with van der Waals surface area (Å²) in [6.45, 7) is 2.68. The zero-order valence-corrected chi connectivity index (χ0v) is 10.6. The molecule has 0 atom stereocenters. The summed E-state index contributed by atoms with van der Waals surface area (Å²) >= 11 is 5.36. The number of hydrogen-bond donors (Lipinski definition) is 0. The van der Waals surface area contributed by atoms with E-state index in [1.165, 1.54) is 19.3 Å². The number of piperidine rings is 1. The van der Waals surface area contributed by atoms with Crippen LogP contribution in [0.15, 0.2) is 0 Å². The predicted molar refractivity (Wildman–Crippen MR) is 68.2 cm³/mol. The summed E-state index contributed by atoms with van der Waals surface area (Å²) in [7, 11) is 0. The Morgan fingerprint density at radius 2 is 1.62 bits per heavy atom. The van der Waals surface area contributed by atoms with Gasteiger partial charge in [-0.05, 0) is 32.1 Å². The smallest absolute Gasteiger partial charge is 0.223 e. The van der Waals surface area contributed by atoms with Crippen LogP contribution in [-0.2, 0) is 4.79 Å². The third-order valence-electron chi connectivity index (χ3n) is 3.43. The molecule has 90 valence electrons. The SMILES string of the molecule is O=C1CCCCCN1CN1CCCCC1=S. The normalized spacial score (nSPS) is 23.5. The van der Waals surface area contributed by atoms with Crippen LogP contribution in [0, 0.1) is 0 Å². The predicted octanol–water partition coefficient (Wildman–Crippen LogP) is 2.16. The lowest BCUT2D eigenvalue weighted by molar-refractivity contribution is -0.132. The lowest BCUT2D eigenvalue weighted by Gasteiger charge is -2.34. The number of rotatable bonds is 2. The van der Waals surface area contributed by atoms with Gasteiger partial charge in [0.15, 0.2) is 0 Å². The first-order valence-corrected chi connectivity index (χ1v) is 6.74. The molecule has 2 heterocycles. The minimum Gasteiger partial charge on any atom is -0.348 e. The number of carbonyl (C=O) groups excluding carboxylic acids is 1. The maximum Gasteiger partial charge on any atom is 0.223 e. The molecule has 2 aliphatic rings. The zero-order chi connectivity index (χ0) is 11.4. The Labute approximate surface area is 103 Å². The fourth-order valence-corrected chi connectivity index (χ4v) is 2.70. The van der Waals surface area contributed by atoms with E-state index in [0.29, 0.717) is 5.91 Å². The lowest BCUT2D eigenvalue weighted by Crippen LogP contribution is -2.45. The van der Waals surface area contributed by atoms with Crippen LogP contribution in [-0.4, -0.2) is 40.5 Å². The van der Waals surface area contributed by atoms with Gasteiger partial charge < -0.3 is 9.80 Å². The standard InChI is InChI=1S/C12H20N2OS/c15-11-6-2-1-4-8-13(11)10-14-9-5-3-7-12(14)16/h1-10H2.